The van der Waals surface area contributed by atoms with E-state index in [9.17, 15) is 0 Å². The number of nitrogens with zero attached hydrogens (tertiary/aromatic N) is 2. The van der Waals surface area contributed by atoms with Gasteiger partial charge in [0.2, 0.25) is 0 Å². The molecule has 2 N–H and O–H groups in total. The summed E-state index contributed by atoms with van der Waals surface area (Å²) in [6.07, 6.45) is 8.59. The molecule has 120 valence electrons. The third kappa shape index (κ3) is 3.90. The van der Waals surface area contributed by atoms with Crippen LogP contribution in [-0.2, 0) is 0 Å². The van der Waals surface area contributed by atoms with Gasteiger partial charge in [0.15, 0.2) is 0 Å². The lowest BCUT2D eigenvalue weighted by atomic mass is 10.00. The molecule has 0 unspecified atom stereocenters. The van der Waals surface area contributed by atoms with Crippen LogP contribution in [0.15, 0.2) is 24.3 Å². The fraction of sp³-hybridized carbons (Fsp3) is 0.579. The molecule has 2 fully saturated rings. The van der Waals surface area contributed by atoms with Crippen LogP contribution in [-0.4, -0.2) is 38.1 Å². The van der Waals surface area contributed by atoms with E-state index in [0.717, 1.165) is 25.6 Å². The highest BCUT2D eigenvalue weighted by atomic mass is 15.2. The molecule has 1 saturated carbocycles. The molecule has 0 bridgehead atoms. The lowest BCUT2D eigenvalue weighted by molar-refractivity contribution is 0.360. The van der Waals surface area contributed by atoms with Gasteiger partial charge in [-0.05, 0) is 69.0 Å². The van der Waals surface area contributed by atoms with Crippen molar-refractivity contribution < 1.29 is 0 Å². The van der Waals surface area contributed by atoms with Crippen molar-refractivity contribution in [2.75, 3.05) is 38.1 Å². The molecular formula is C19H29N3. The molecule has 0 spiro atoms. The molecule has 1 aromatic rings. The molecule has 1 aliphatic carbocycles. The lowest BCUT2D eigenvalue weighted by Gasteiger charge is -2.24. The normalized spacial score (nSPS) is 22.0. The summed E-state index contributed by atoms with van der Waals surface area (Å²) in [6, 6.07) is 6.89. The summed E-state index contributed by atoms with van der Waals surface area (Å²) in [6.45, 7) is 6.67. The Hall–Kier alpha value is -1.32. The summed E-state index contributed by atoms with van der Waals surface area (Å²) in [7, 11) is 2.21. The molecule has 3 heteroatoms. The Balaban J connectivity index is 1.83. The van der Waals surface area contributed by atoms with Crippen molar-refractivity contribution in [2.24, 2.45) is 11.7 Å². The third-order valence-corrected chi connectivity index (χ3v) is 4.82. The highest BCUT2D eigenvalue weighted by Crippen LogP contribution is 2.32. The first-order valence-corrected chi connectivity index (χ1v) is 8.64. The smallest absolute Gasteiger partial charge is 0.0372 e. The van der Waals surface area contributed by atoms with Gasteiger partial charge in [0, 0.05) is 31.4 Å². The zero-order valence-electron chi connectivity index (χ0n) is 14.0. The summed E-state index contributed by atoms with van der Waals surface area (Å²) in [5.41, 5.74) is 10.1. The molecule has 1 atom stereocenters. The van der Waals surface area contributed by atoms with Crippen LogP contribution in [0.3, 0.4) is 0 Å². The van der Waals surface area contributed by atoms with E-state index in [1.165, 1.54) is 42.6 Å². The molecule has 2 aliphatic rings. The largest absolute Gasteiger partial charge is 0.370 e. The van der Waals surface area contributed by atoms with Crippen molar-refractivity contribution in [1.29, 1.82) is 0 Å². The summed E-state index contributed by atoms with van der Waals surface area (Å²) in [4.78, 5) is 4.94. The van der Waals surface area contributed by atoms with E-state index in [4.69, 9.17) is 5.73 Å². The van der Waals surface area contributed by atoms with Crippen LogP contribution >= 0.6 is 0 Å². The first kappa shape index (κ1) is 15.6. The van der Waals surface area contributed by atoms with Crippen LogP contribution in [0.25, 0.3) is 6.08 Å². The summed E-state index contributed by atoms with van der Waals surface area (Å²) in [5.74, 6) is 0.802. The predicted octanol–water partition coefficient (Wildman–Crippen LogP) is 3.27. The number of hydrogen-bond acceptors (Lipinski definition) is 3. The van der Waals surface area contributed by atoms with E-state index in [2.05, 4.69) is 54.1 Å². The number of allylic oxidation sites excluding steroid dienone is 1. The molecular weight excluding hydrogens is 270 g/mol. The molecule has 1 aromatic carbocycles. The van der Waals surface area contributed by atoms with Crippen LogP contribution in [0, 0.1) is 5.92 Å². The highest BCUT2D eigenvalue weighted by Gasteiger charge is 2.18. The van der Waals surface area contributed by atoms with Gasteiger partial charge in [0.1, 0.15) is 0 Å². The molecule has 3 nitrogen and oxygen atoms in total. The van der Waals surface area contributed by atoms with Crippen molar-refractivity contribution in [2.45, 2.75) is 32.2 Å². The second-order valence-electron chi connectivity index (χ2n) is 6.94. The molecule has 1 heterocycles. The standard InChI is InChI=1S/C19H29N3/c1-15(20)19-9-8-18(14-17(19)7-6-16-4-5-16)22-11-3-10-21(2)12-13-22/h6-9,14-16H,3-5,10-13,20H2,1-2H3/b7-6+/t15-/m0/s1. The van der Waals surface area contributed by atoms with Gasteiger partial charge in [0.25, 0.3) is 0 Å². The van der Waals surface area contributed by atoms with E-state index < -0.39 is 0 Å². The molecule has 0 amide bonds. The zero-order valence-corrected chi connectivity index (χ0v) is 14.0. The van der Waals surface area contributed by atoms with E-state index in [0.29, 0.717) is 0 Å². The van der Waals surface area contributed by atoms with Crippen LogP contribution in [0.4, 0.5) is 5.69 Å². The van der Waals surface area contributed by atoms with E-state index >= 15 is 0 Å². The quantitative estimate of drug-likeness (QED) is 0.926. The first-order valence-electron chi connectivity index (χ1n) is 8.64. The van der Waals surface area contributed by atoms with Gasteiger partial charge in [0.05, 0.1) is 0 Å². The second-order valence-corrected chi connectivity index (χ2v) is 6.94. The van der Waals surface area contributed by atoms with Crippen LogP contribution in [0.2, 0.25) is 0 Å². The average molecular weight is 299 g/mol. The fourth-order valence-electron chi connectivity index (χ4n) is 3.15. The average Bonchev–Trinajstić information content (AvgIpc) is 3.32. The van der Waals surface area contributed by atoms with Gasteiger partial charge in [-0.15, -0.1) is 0 Å². The Morgan fingerprint density at radius 2 is 2.00 bits per heavy atom. The number of rotatable bonds is 4. The Kier molecular flexibility index (Phi) is 4.84. The maximum atomic E-state index is 6.15. The second kappa shape index (κ2) is 6.84. The number of nitrogens with two attached hydrogens (primary N) is 1. The van der Waals surface area contributed by atoms with Gasteiger partial charge in [-0.1, -0.05) is 18.2 Å². The van der Waals surface area contributed by atoms with Crippen LogP contribution in [0.1, 0.15) is 43.4 Å². The summed E-state index contributed by atoms with van der Waals surface area (Å²) in [5, 5.41) is 0. The van der Waals surface area contributed by atoms with Crippen molar-refractivity contribution in [3.63, 3.8) is 0 Å². The van der Waals surface area contributed by atoms with E-state index in [1.807, 2.05) is 0 Å². The highest BCUT2D eigenvalue weighted by molar-refractivity contribution is 5.63. The lowest BCUT2D eigenvalue weighted by Crippen LogP contribution is -2.28. The van der Waals surface area contributed by atoms with E-state index in [1.54, 1.807) is 0 Å². The van der Waals surface area contributed by atoms with Crippen LogP contribution < -0.4 is 10.6 Å². The van der Waals surface area contributed by atoms with Crippen molar-refractivity contribution >= 4 is 11.8 Å². The van der Waals surface area contributed by atoms with Crippen molar-refractivity contribution in [3.8, 4) is 0 Å². The van der Waals surface area contributed by atoms with Crippen molar-refractivity contribution in [3.05, 3.63) is 35.4 Å². The number of hydrogen-bond donors (Lipinski definition) is 1. The molecule has 3 rings (SSSR count). The van der Waals surface area contributed by atoms with Gasteiger partial charge in [-0.2, -0.15) is 0 Å². The molecule has 1 saturated heterocycles. The van der Waals surface area contributed by atoms with Gasteiger partial charge < -0.3 is 15.5 Å². The molecule has 0 aromatic heterocycles. The minimum absolute atomic E-state index is 0.0863. The number of anilines is 1. The Bertz CT molecular complexity index is 531. The Labute approximate surface area is 134 Å². The predicted molar refractivity (Wildman–Crippen MR) is 95.1 cm³/mol. The maximum absolute atomic E-state index is 6.15. The minimum atomic E-state index is 0.0863. The third-order valence-electron chi connectivity index (χ3n) is 4.82. The molecule has 0 radical (unpaired) electrons. The fourth-order valence-corrected chi connectivity index (χ4v) is 3.15. The SMILES string of the molecule is C[C@H](N)c1ccc(N2CCCN(C)CC2)cc1/C=C/C1CC1. The van der Waals surface area contributed by atoms with Gasteiger partial charge >= 0.3 is 0 Å². The Morgan fingerprint density at radius 3 is 2.73 bits per heavy atom. The molecule has 1 aliphatic heterocycles. The summed E-state index contributed by atoms with van der Waals surface area (Å²) >= 11 is 0. The number of benzene rings is 1. The first-order chi connectivity index (χ1) is 10.6. The minimum Gasteiger partial charge on any atom is -0.370 e. The monoisotopic (exact) mass is 299 g/mol. The molecule has 22 heavy (non-hydrogen) atoms. The maximum Gasteiger partial charge on any atom is 0.0372 e. The van der Waals surface area contributed by atoms with E-state index in [-0.39, 0.29) is 6.04 Å². The van der Waals surface area contributed by atoms with Crippen molar-refractivity contribution in [1.82, 2.24) is 4.90 Å². The van der Waals surface area contributed by atoms with Gasteiger partial charge in [-0.3, -0.25) is 0 Å². The zero-order chi connectivity index (χ0) is 15.5. The van der Waals surface area contributed by atoms with Crippen LogP contribution in [0.5, 0.6) is 0 Å². The summed E-state index contributed by atoms with van der Waals surface area (Å²) < 4.78 is 0. The number of likely N-dealkylation sites (N-methyl/N-ethyl adjacent to an activating group) is 1. The topological polar surface area (TPSA) is 32.5 Å². The van der Waals surface area contributed by atoms with Gasteiger partial charge in [-0.25, -0.2) is 0 Å². The Morgan fingerprint density at radius 1 is 1.18 bits per heavy atom.